The Hall–Kier alpha value is -2.30. The molecule has 1 aliphatic rings. The monoisotopic (exact) mass is 311 g/mol. The lowest BCUT2D eigenvalue weighted by Gasteiger charge is -2.16. The van der Waals surface area contributed by atoms with Crippen molar-refractivity contribution in [2.24, 2.45) is 4.99 Å². The fraction of sp³-hybridized carbons (Fsp3) is 0.444. The van der Waals surface area contributed by atoms with Crippen LogP contribution in [0, 0.1) is 0 Å². The Labute approximate surface area is 137 Å². The smallest absolute Gasteiger partial charge is 0.191 e. The first-order chi connectivity index (χ1) is 11.3. The molecular formula is C18H25N5. The van der Waals surface area contributed by atoms with Crippen LogP contribution in [0.1, 0.15) is 31.2 Å². The van der Waals surface area contributed by atoms with Crippen LogP contribution in [0.5, 0.6) is 0 Å². The number of hydrogen-bond donors (Lipinski definition) is 2. The molecule has 2 aromatic rings. The molecule has 5 heteroatoms. The molecule has 23 heavy (non-hydrogen) atoms. The molecule has 1 saturated carbocycles. The van der Waals surface area contributed by atoms with Crippen molar-refractivity contribution < 1.29 is 0 Å². The Morgan fingerprint density at radius 2 is 2.04 bits per heavy atom. The second-order valence-electron chi connectivity index (χ2n) is 6.00. The summed E-state index contributed by atoms with van der Waals surface area (Å²) < 4.78 is 1.92. The summed E-state index contributed by atoms with van der Waals surface area (Å²) in [6, 6.07) is 10.8. The molecule has 1 fully saturated rings. The lowest BCUT2D eigenvalue weighted by molar-refractivity contribution is 0.613. The molecule has 1 heterocycles. The minimum atomic E-state index is 0.585. The molecule has 0 bridgehead atoms. The van der Waals surface area contributed by atoms with E-state index in [-0.39, 0.29) is 0 Å². The molecule has 1 aromatic heterocycles. The summed E-state index contributed by atoms with van der Waals surface area (Å²) in [6.07, 6.45) is 10.1. The van der Waals surface area contributed by atoms with E-state index in [1.165, 1.54) is 31.2 Å². The summed E-state index contributed by atoms with van der Waals surface area (Å²) in [5, 5.41) is 11.3. The molecule has 0 aliphatic heterocycles. The summed E-state index contributed by atoms with van der Waals surface area (Å²) in [7, 11) is 1.83. The van der Waals surface area contributed by atoms with Gasteiger partial charge in [0.1, 0.15) is 0 Å². The van der Waals surface area contributed by atoms with Crippen molar-refractivity contribution in [3.8, 4) is 5.69 Å². The fourth-order valence-corrected chi connectivity index (χ4v) is 2.99. The number of benzene rings is 1. The van der Waals surface area contributed by atoms with Gasteiger partial charge < -0.3 is 10.6 Å². The van der Waals surface area contributed by atoms with Crippen LogP contribution in [0.4, 0.5) is 0 Å². The number of aliphatic imine (C=N–C) groups is 1. The minimum Gasteiger partial charge on any atom is -0.356 e. The first kappa shape index (κ1) is 15.6. The number of para-hydroxylation sites is 1. The molecule has 122 valence electrons. The topological polar surface area (TPSA) is 54.2 Å². The van der Waals surface area contributed by atoms with Gasteiger partial charge in [0, 0.05) is 25.8 Å². The van der Waals surface area contributed by atoms with Crippen LogP contribution in [0.25, 0.3) is 5.69 Å². The molecule has 5 nitrogen and oxygen atoms in total. The second-order valence-corrected chi connectivity index (χ2v) is 6.00. The number of rotatable bonds is 5. The lowest BCUT2D eigenvalue weighted by atomic mass is 10.2. The normalized spacial score (nSPS) is 15.8. The lowest BCUT2D eigenvalue weighted by Crippen LogP contribution is -2.42. The third-order valence-electron chi connectivity index (χ3n) is 4.28. The van der Waals surface area contributed by atoms with E-state index in [9.17, 15) is 0 Å². The van der Waals surface area contributed by atoms with E-state index in [0.29, 0.717) is 6.04 Å². The molecular weight excluding hydrogens is 286 g/mol. The number of guanidine groups is 1. The van der Waals surface area contributed by atoms with E-state index in [4.69, 9.17) is 0 Å². The van der Waals surface area contributed by atoms with Gasteiger partial charge in [-0.25, -0.2) is 4.68 Å². The van der Waals surface area contributed by atoms with Crippen LogP contribution in [0.2, 0.25) is 0 Å². The summed E-state index contributed by atoms with van der Waals surface area (Å²) in [6.45, 7) is 0.854. The zero-order valence-electron chi connectivity index (χ0n) is 13.7. The average molecular weight is 311 g/mol. The predicted molar refractivity (Wildman–Crippen MR) is 94.0 cm³/mol. The van der Waals surface area contributed by atoms with E-state index in [2.05, 4.69) is 39.1 Å². The Bertz CT molecular complexity index is 626. The van der Waals surface area contributed by atoms with Crippen molar-refractivity contribution >= 4 is 5.96 Å². The van der Waals surface area contributed by atoms with Crippen molar-refractivity contribution in [1.82, 2.24) is 20.4 Å². The maximum Gasteiger partial charge on any atom is 0.191 e. The van der Waals surface area contributed by atoms with Gasteiger partial charge in [0.2, 0.25) is 0 Å². The van der Waals surface area contributed by atoms with E-state index < -0.39 is 0 Å². The fourth-order valence-electron chi connectivity index (χ4n) is 2.99. The quantitative estimate of drug-likeness (QED) is 0.659. The van der Waals surface area contributed by atoms with Gasteiger partial charge in [0.25, 0.3) is 0 Å². The zero-order valence-corrected chi connectivity index (χ0v) is 13.7. The van der Waals surface area contributed by atoms with Crippen LogP contribution < -0.4 is 10.6 Å². The SMILES string of the molecule is CN=C(NCCc1cnn(-c2ccccc2)c1)NC1CCCC1. The van der Waals surface area contributed by atoms with Crippen molar-refractivity contribution in [3.05, 3.63) is 48.3 Å². The Morgan fingerprint density at radius 1 is 1.26 bits per heavy atom. The summed E-state index contributed by atoms with van der Waals surface area (Å²) in [5.74, 6) is 0.910. The van der Waals surface area contributed by atoms with Gasteiger partial charge in [0.15, 0.2) is 5.96 Å². The molecule has 0 unspecified atom stereocenters. The van der Waals surface area contributed by atoms with Gasteiger partial charge in [-0.3, -0.25) is 4.99 Å². The Balaban J connectivity index is 1.47. The first-order valence-corrected chi connectivity index (χ1v) is 8.41. The molecule has 3 rings (SSSR count). The standard InChI is InChI=1S/C18H25N5/c1-19-18(22-16-7-5-6-8-16)20-12-11-15-13-21-23(14-15)17-9-3-2-4-10-17/h2-4,9-10,13-14,16H,5-8,11-12H2,1H3,(H2,19,20,22). The zero-order chi connectivity index (χ0) is 15.9. The van der Waals surface area contributed by atoms with Gasteiger partial charge in [-0.1, -0.05) is 31.0 Å². The highest BCUT2D eigenvalue weighted by molar-refractivity contribution is 5.79. The maximum absolute atomic E-state index is 4.43. The minimum absolute atomic E-state index is 0.585. The van der Waals surface area contributed by atoms with Crippen LogP contribution in [-0.2, 0) is 6.42 Å². The predicted octanol–water partition coefficient (Wildman–Crippen LogP) is 2.52. The first-order valence-electron chi connectivity index (χ1n) is 8.41. The van der Waals surface area contributed by atoms with Crippen LogP contribution in [0.15, 0.2) is 47.7 Å². The average Bonchev–Trinajstić information content (AvgIpc) is 3.26. The summed E-state index contributed by atoms with van der Waals surface area (Å²) in [4.78, 5) is 4.31. The number of nitrogens with one attached hydrogen (secondary N) is 2. The number of aromatic nitrogens is 2. The Morgan fingerprint density at radius 3 is 2.78 bits per heavy atom. The molecule has 0 spiro atoms. The van der Waals surface area contributed by atoms with E-state index in [0.717, 1.165) is 24.6 Å². The Kier molecular flexibility index (Phi) is 5.29. The number of nitrogens with zero attached hydrogens (tertiary/aromatic N) is 3. The highest BCUT2D eigenvalue weighted by Crippen LogP contribution is 2.17. The molecule has 0 radical (unpaired) electrons. The second kappa shape index (κ2) is 7.81. The van der Waals surface area contributed by atoms with Crippen molar-refractivity contribution in [1.29, 1.82) is 0 Å². The summed E-state index contributed by atoms with van der Waals surface area (Å²) in [5.41, 5.74) is 2.31. The molecule has 1 aromatic carbocycles. The van der Waals surface area contributed by atoms with Crippen LogP contribution in [-0.4, -0.2) is 35.4 Å². The molecule has 0 atom stereocenters. The van der Waals surface area contributed by atoms with Gasteiger partial charge in [0.05, 0.1) is 11.9 Å². The summed E-state index contributed by atoms with van der Waals surface area (Å²) >= 11 is 0. The van der Waals surface area contributed by atoms with E-state index >= 15 is 0 Å². The highest BCUT2D eigenvalue weighted by Gasteiger charge is 2.15. The largest absolute Gasteiger partial charge is 0.356 e. The molecule has 2 N–H and O–H groups in total. The molecule has 1 aliphatic carbocycles. The van der Waals surface area contributed by atoms with Crippen molar-refractivity contribution in [2.45, 2.75) is 38.1 Å². The van der Waals surface area contributed by atoms with Crippen LogP contribution >= 0.6 is 0 Å². The van der Waals surface area contributed by atoms with Crippen LogP contribution in [0.3, 0.4) is 0 Å². The van der Waals surface area contributed by atoms with E-state index in [1.807, 2.05) is 36.1 Å². The van der Waals surface area contributed by atoms with Gasteiger partial charge >= 0.3 is 0 Å². The van der Waals surface area contributed by atoms with Crippen molar-refractivity contribution in [3.63, 3.8) is 0 Å². The maximum atomic E-state index is 4.43. The molecule has 0 saturated heterocycles. The van der Waals surface area contributed by atoms with E-state index in [1.54, 1.807) is 0 Å². The van der Waals surface area contributed by atoms with Gasteiger partial charge in [-0.15, -0.1) is 0 Å². The van der Waals surface area contributed by atoms with Gasteiger partial charge in [-0.2, -0.15) is 5.10 Å². The molecule has 0 amide bonds. The third kappa shape index (κ3) is 4.34. The third-order valence-corrected chi connectivity index (χ3v) is 4.28. The van der Waals surface area contributed by atoms with Gasteiger partial charge in [-0.05, 0) is 37.0 Å². The van der Waals surface area contributed by atoms with Crippen molar-refractivity contribution in [2.75, 3.05) is 13.6 Å². The number of hydrogen-bond acceptors (Lipinski definition) is 2. The highest BCUT2D eigenvalue weighted by atomic mass is 15.3.